The molecule has 0 N–H and O–H groups in total. The number of para-hydroxylation sites is 2. The lowest BCUT2D eigenvalue weighted by atomic mass is 9.83. The molecule has 0 bridgehead atoms. The van der Waals surface area contributed by atoms with E-state index in [4.69, 9.17) is 9.15 Å². The number of rotatable bonds is 4. The SMILES string of the molecule is CCN1C(=O)C2(c3ccccc31)c1c(oc3ccccc3c1=O)C(=O)N2Cc1ccc(OC)cc1. The number of likely N-dealkylation sites (N-methyl/N-ethyl adjacent to an activating group) is 1. The van der Waals surface area contributed by atoms with Crippen LogP contribution in [0, 0.1) is 0 Å². The van der Waals surface area contributed by atoms with Crippen molar-refractivity contribution in [3.63, 3.8) is 0 Å². The number of nitrogens with zero attached hydrogens (tertiary/aromatic N) is 2. The highest BCUT2D eigenvalue weighted by Gasteiger charge is 2.64. The molecule has 3 heterocycles. The third-order valence-electron chi connectivity index (χ3n) is 6.96. The van der Waals surface area contributed by atoms with Crippen molar-refractivity contribution in [2.45, 2.75) is 19.0 Å². The second-order valence-electron chi connectivity index (χ2n) is 8.65. The van der Waals surface area contributed by atoms with E-state index in [0.29, 0.717) is 34.5 Å². The molecule has 2 aliphatic rings. The summed E-state index contributed by atoms with van der Waals surface area (Å²) in [5.74, 6) is -0.213. The lowest BCUT2D eigenvalue weighted by molar-refractivity contribution is -0.126. The first-order valence-electron chi connectivity index (χ1n) is 11.4. The van der Waals surface area contributed by atoms with Crippen molar-refractivity contribution in [1.29, 1.82) is 0 Å². The summed E-state index contributed by atoms with van der Waals surface area (Å²) >= 11 is 0. The number of methoxy groups -OCH3 is 1. The molecule has 1 aromatic heterocycles. The van der Waals surface area contributed by atoms with Crippen LogP contribution in [0.3, 0.4) is 0 Å². The van der Waals surface area contributed by atoms with Crippen molar-refractivity contribution >= 4 is 28.5 Å². The second kappa shape index (κ2) is 7.56. The van der Waals surface area contributed by atoms with E-state index in [1.807, 2.05) is 43.3 Å². The average Bonchev–Trinajstić information content (AvgIpc) is 3.29. The van der Waals surface area contributed by atoms with Crippen molar-refractivity contribution in [2.75, 3.05) is 18.6 Å². The van der Waals surface area contributed by atoms with Crippen LogP contribution in [-0.2, 0) is 16.9 Å². The fraction of sp³-hybridized carbons (Fsp3) is 0.179. The van der Waals surface area contributed by atoms with E-state index < -0.39 is 11.4 Å². The van der Waals surface area contributed by atoms with Gasteiger partial charge in [-0.25, -0.2) is 0 Å². The molecule has 7 heteroatoms. The van der Waals surface area contributed by atoms with Gasteiger partial charge in [0.05, 0.1) is 23.7 Å². The van der Waals surface area contributed by atoms with Crippen molar-refractivity contribution in [3.05, 3.63) is 105 Å². The molecule has 0 saturated carbocycles. The Kier molecular flexibility index (Phi) is 4.57. The molecule has 0 fully saturated rings. The maximum absolute atomic E-state index is 14.2. The van der Waals surface area contributed by atoms with Crippen molar-refractivity contribution < 1.29 is 18.7 Å². The molecule has 6 rings (SSSR count). The van der Waals surface area contributed by atoms with Gasteiger partial charge in [0.2, 0.25) is 5.76 Å². The number of carbonyl (C=O) groups is 2. The number of benzene rings is 3. The van der Waals surface area contributed by atoms with Gasteiger partial charge >= 0.3 is 0 Å². The first-order chi connectivity index (χ1) is 17.0. The van der Waals surface area contributed by atoms with E-state index >= 15 is 0 Å². The third kappa shape index (κ3) is 2.69. The van der Waals surface area contributed by atoms with E-state index in [2.05, 4.69) is 0 Å². The predicted octanol–water partition coefficient (Wildman–Crippen LogP) is 4.07. The first-order valence-corrected chi connectivity index (χ1v) is 11.4. The largest absolute Gasteiger partial charge is 0.497 e. The molecule has 0 radical (unpaired) electrons. The van der Waals surface area contributed by atoms with Crippen molar-refractivity contribution in [3.8, 4) is 5.75 Å². The number of amides is 2. The molecule has 174 valence electrons. The van der Waals surface area contributed by atoms with E-state index in [9.17, 15) is 14.4 Å². The number of hydrogen-bond acceptors (Lipinski definition) is 5. The van der Waals surface area contributed by atoms with Crippen LogP contribution < -0.4 is 15.1 Å². The molecule has 2 amide bonds. The number of hydrogen-bond donors (Lipinski definition) is 0. The molecule has 0 aliphatic carbocycles. The Balaban J connectivity index is 1.67. The smallest absolute Gasteiger partial charge is 0.291 e. The van der Waals surface area contributed by atoms with Gasteiger partial charge < -0.3 is 19.0 Å². The highest BCUT2D eigenvalue weighted by molar-refractivity contribution is 6.17. The second-order valence-corrected chi connectivity index (χ2v) is 8.65. The van der Waals surface area contributed by atoms with Gasteiger partial charge in [0, 0.05) is 18.7 Å². The van der Waals surface area contributed by atoms with Crippen LogP contribution in [0.2, 0.25) is 0 Å². The van der Waals surface area contributed by atoms with Gasteiger partial charge in [-0.2, -0.15) is 0 Å². The molecular weight excluding hydrogens is 444 g/mol. The highest BCUT2D eigenvalue weighted by Crippen LogP contribution is 2.52. The molecule has 7 nitrogen and oxygen atoms in total. The van der Waals surface area contributed by atoms with Crippen molar-refractivity contribution in [2.24, 2.45) is 0 Å². The fourth-order valence-corrected chi connectivity index (χ4v) is 5.39. The molecule has 0 saturated heterocycles. The molecule has 35 heavy (non-hydrogen) atoms. The van der Waals surface area contributed by atoms with Gasteiger partial charge in [0.1, 0.15) is 11.3 Å². The van der Waals surface area contributed by atoms with Crippen LogP contribution >= 0.6 is 0 Å². The average molecular weight is 466 g/mol. The summed E-state index contributed by atoms with van der Waals surface area (Å²) in [6.07, 6.45) is 0. The molecular formula is C28H22N2O5. The number of carbonyl (C=O) groups excluding carboxylic acids is 2. The Bertz CT molecular complexity index is 1570. The summed E-state index contributed by atoms with van der Waals surface area (Å²) in [6.45, 7) is 2.39. The van der Waals surface area contributed by atoms with E-state index in [-0.39, 0.29) is 29.2 Å². The van der Waals surface area contributed by atoms with Gasteiger partial charge in [-0.3, -0.25) is 14.4 Å². The zero-order valence-electron chi connectivity index (χ0n) is 19.3. The van der Waals surface area contributed by atoms with Crippen LogP contribution in [-0.4, -0.2) is 30.4 Å². The van der Waals surface area contributed by atoms with E-state index in [1.54, 1.807) is 48.4 Å². The third-order valence-corrected chi connectivity index (χ3v) is 6.96. The summed E-state index contributed by atoms with van der Waals surface area (Å²) in [5, 5.41) is 0.338. The first kappa shape index (κ1) is 21.2. The molecule has 4 aromatic rings. The van der Waals surface area contributed by atoms with Crippen LogP contribution in [0.4, 0.5) is 5.69 Å². The number of fused-ring (bicyclic) bond motifs is 5. The quantitative estimate of drug-likeness (QED) is 0.453. The summed E-state index contributed by atoms with van der Waals surface area (Å²) in [5.41, 5.74) is 0.518. The standard InChI is InChI=1S/C28H22N2O5/c1-3-29-21-10-6-5-9-20(21)28(27(29)33)23-24(31)19-8-4-7-11-22(19)35-25(23)26(32)30(28)16-17-12-14-18(34-2)15-13-17/h4-15H,3,16H2,1-2H3. The minimum Gasteiger partial charge on any atom is -0.497 e. The topological polar surface area (TPSA) is 80.1 Å². The summed E-state index contributed by atoms with van der Waals surface area (Å²) in [4.78, 5) is 45.2. The Hall–Kier alpha value is -4.39. The minimum absolute atomic E-state index is 0.0803. The molecule has 1 unspecified atom stereocenters. The Morgan fingerprint density at radius 2 is 1.63 bits per heavy atom. The van der Waals surface area contributed by atoms with Crippen LogP contribution in [0.15, 0.2) is 82.0 Å². The van der Waals surface area contributed by atoms with Crippen LogP contribution in [0.1, 0.15) is 34.2 Å². The van der Waals surface area contributed by atoms with E-state index in [1.165, 1.54) is 4.90 Å². The number of anilines is 1. The summed E-state index contributed by atoms with van der Waals surface area (Å²) in [6, 6.07) is 21.4. The van der Waals surface area contributed by atoms with Gasteiger partial charge in [-0.1, -0.05) is 42.5 Å². The highest BCUT2D eigenvalue weighted by atomic mass is 16.5. The Morgan fingerprint density at radius 1 is 0.914 bits per heavy atom. The molecule has 1 atom stereocenters. The van der Waals surface area contributed by atoms with Gasteiger partial charge in [-0.05, 0) is 42.8 Å². The lowest BCUT2D eigenvalue weighted by Gasteiger charge is -2.34. The maximum atomic E-state index is 14.2. The predicted molar refractivity (Wildman–Crippen MR) is 131 cm³/mol. The fourth-order valence-electron chi connectivity index (χ4n) is 5.39. The molecule has 3 aromatic carbocycles. The minimum atomic E-state index is -1.61. The molecule has 2 aliphatic heterocycles. The maximum Gasteiger partial charge on any atom is 0.291 e. The van der Waals surface area contributed by atoms with Crippen molar-refractivity contribution in [1.82, 2.24) is 4.90 Å². The zero-order chi connectivity index (χ0) is 24.3. The zero-order valence-corrected chi connectivity index (χ0v) is 19.3. The van der Waals surface area contributed by atoms with Crippen LogP contribution in [0.25, 0.3) is 11.0 Å². The van der Waals surface area contributed by atoms with Gasteiger partial charge in [0.15, 0.2) is 11.0 Å². The lowest BCUT2D eigenvalue weighted by Crippen LogP contribution is -2.53. The Labute approximate surface area is 201 Å². The number of ether oxygens (including phenoxy) is 1. The van der Waals surface area contributed by atoms with Gasteiger partial charge in [-0.15, -0.1) is 0 Å². The molecule has 1 spiro atoms. The normalized spacial score (nSPS) is 18.5. The van der Waals surface area contributed by atoms with E-state index in [0.717, 1.165) is 5.56 Å². The summed E-state index contributed by atoms with van der Waals surface area (Å²) in [7, 11) is 1.58. The van der Waals surface area contributed by atoms with Crippen LogP contribution in [0.5, 0.6) is 5.75 Å². The Morgan fingerprint density at radius 3 is 2.37 bits per heavy atom. The monoisotopic (exact) mass is 466 g/mol. The summed E-state index contributed by atoms with van der Waals surface area (Å²) < 4.78 is 11.3. The van der Waals surface area contributed by atoms with Gasteiger partial charge in [0.25, 0.3) is 11.8 Å².